The predicted octanol–water partition coefficient (Wildman–Crippen LogP) is 3.43. The van der Waals surface area contributed by atoms with E-state index in [-0.39, 0.29) is 18.3 Å². The van der Waals surface area contributed by atoms with Crippen LogP contribution in [0, 0.1) is 5.92 Å². The van der Waals surface area contributed by atoms with Crippen LogP contribution in [0.2, 0.25) is 0 Å². The molecule has 2 rings (SSSR count). The number of nitrogens with zero attached hydrogens (tertiary/aromatic N) is 2. The fourth-order valence-electron chi connectivity index (χ4n) is 2.33. The third-order valence-electron chi connectivity index (χ3n) is 3.56. The summed E-state index contributed by atoms with van der Waals surface area (Å²) >= 11 is 0. The molecule has 4 nitrogen and oxygen atoms in total. The molecule has 1 aromatic heterocycles. The lowest BCUT2D eigenvalue weighted by Gasteiger charge is -2.16. The molecule has 0 aliphatic heterocycles. The molecule has 0 amide bonds. The van der Waals surface area contributed by atoms with Crippen molar-refractivity contribution in [3.63, 3.8) is 0 Å². The topological polar surface area (TPSA) is 51.0 Å². The quantitative estimate of drug-likeness (QED) is 0.888. The summed E-state index contributed by atoms with van der Waals surface area (Å²) in [7, 11) is 1.94. The second kappa shape index (κ2) is 8.15. The SMILES string of the molecule is CNC(C)Cc1noc(C(c2ccccc2)C(C)C)n1.Cl. The molecule has 0 saturated heterocycles. The van der Waals surface area contributed by atoms with Gasteiger partial charge < -0.3 is 9.84 Å². The molecule has 0 radical (unpaired) electrons. The van der Waals surface area contributed by atoms with Gasteiger partial charge in [-0.25, -0.2) is 0 Å². The number of nitrogens with one attached hydrogen (secondary N) is 1. The van der Waals surface area contributed by atoms with Crippen LogP contribution >= 0.6 is 12.4 Å². The molecule has 21 heavy (non-hydrogen) atoms. The van der Waals surface area contributed by atoms with Crippen molar-refractivity contribution in [2.45, 2.75) is 39.2 Å². The third-order valence-corrected chi connectivity index (χ3v) is 3.56. The Morgan fingerprint density at radius 3 is 2.38 bits per heavy atom. The monoisotopic (exact) mass is 309 g/mol. The highest BCUT2D eigenvalue weighted by Crippen LogP contribution is 2.30. The van der Waals surface area contributed by atoms with Gasteiger partial charge in [-0.3, -0.25) is 0 Å². The van der Waals surface area contributed by atoms with E-state index < -0.39 is 0 Å². The van der Waals surface area contributed by atoms with Crippen molar-refractivity contribution in [2.75, 3.05) is 7.05 Å². The van der Waals surface area contributed by atoms with Crippen molar-refractivity contribution in [1.82, 2.24) is 15.5 Å². The van der Waals surface area contributed by atoms with Crippen LogP contribution in [0.1, 0.15) is 44.0 Å². The maximum Gasteiger partial charge on any atom is 0.234 e. The highest BCUT2D eigenvalue weighted by atomic mass is 35.5. The van der Waals surface area contributed by atoms with Crippen molar-refractivity contribution in [2.24, 2.45) is 5.92 Å². The Kier molecular flexibility index (Phi) is 6.85. The van der Waals surface area contributed by atoms with E-state index in [1.54, 1.807) is 0 Å². The normalized spacial score (nSPS) is 13.8. The number of hydrogen-bond acceptors (Lipinski definition) is 4. The molecule has 0 fully saturated rings. The molecule has 2 aromatic rings. The van der Waals surface area contributed by atoms with Crippen molar-refractivity contribution in [1.29, 1.82) is 0 Å². The Balaban J connectivity index is 0.00000220. The fourth-order valence-corrected chi connectivity index (χ4v) is 2.33. The standard InChI is InChI=1S/C16H23N3O.ClH/c1-11(2)15(13-8-6-5-7-9-13)16-18-14(19-20-16)10-12(3)17-4;/h5-9,11-12,15,17H,10H2,1-4H3;1H. The molecule has 0 aliphatic rings. The van der Waals surface area contributed by atoms with Gasteiger partial charge in [-0.1, -0.05) is 49.3 Å². The van der Waals surface area contributed by atoms with E-state index in [4.69, 9.17) is 4.52 Å². The van der Waals surface area contributed by atoms with Gasteiger partial charge in [-0.15, -0.1) is 12.4 Å². The molecule has 1 N–H and O–H groups in total. The fraction of sp³-hybridized carbons (Fsp3) is 0.500. The smallest absolute Gasteiger partial charge is 0.234 e. The number of rotatable bonds is 6. The molecule has 1 heterocycles. The summed E-state index contributed by atoms with van der Waals surface area (Å²) in [5.74, 6) is 2.04. The molecule has 0 aliphatic carbocycles. The van der Waals surface area contributed by atoms with E-state index in [0.717, 1.165) is 12.2 Å². The minimum atomic E-state index is 0. The third kappa shape index (κ3) is 4.55. The Morgan fingerprint density at radius 2 is 1.81 bits per heavy atom. The Morgan fingerprint density at radius 1 is 1.14 bits per heavy atom. The van der Waals surface area contributed by atoms with Gasteiger partial charge in [0.25, 0.3) is 0 Å². The lowest BCUT2D eigenvalue weighted by atomic mass is 9.88. The summed E-state index contributed by atoms with van der Waals surface area (Å²) in [5.41, 5.74) is 1.22. The van der Waals surface area contributed by atoms with Crippen LogP contribution < -0.4 is 5.32 Å². The molecule has 2 atom stereocenters. The van der Waals surface area contributed by atoms with Gasteiger partial charge in [-0.2, -0.15) is 4.98 Å². The molecule has 0 bridgehead atoms. The van der Waals surface area contributed by atoms with Gasteiger partial charge >= 0.3 is 0 Å². The van der Waals surface area contributed by atoms with E-state index in [1.807, 2.05) is 25.2 Å². The number of hydrogen-bond donors (Lipinski definition) is 1. The minimum Gasteiger partial charge on any atom is -0.339 e. The average molecular weight is 310 g/mol. The van der Waals surface area contributed by atoms with E-state index in [1.165, 1.54) is 5.56 Å². The number of likely N-dealkylation sites (N-methyl/N-ethyl adjacent to an activating group) is 1. The number of aromatic nitrogens is 2. The zero-order valence-corrected chi connectivity index (χ0v) is 13.9. The van der Waals surface area contributed by atoms with E-state index >= 15 is 0 Å². The molecule has 0 spiro atoms. The molecule has 5 heteroatoms. The molecule has 116 valence electrons. The predicted molar refractivity (Wildman–Crippen MR) is 86.9 cm³/mol. The van der Waals surface area contributed by atoms with E-state index in [2.05, 4.69) is 48.4 Å². The van der Waals surface area contributed by atoms with Gasteiger partial charge in [0.15, 0.2) is 5.82 Å². The van der Waals surface area contributed by atoms with Crippen LogP contribution in [-0.4, -0.2) is 23.2 Å². The summed E-state index contributed by atoms with van der Waals surface area (Å²) in [6.45, 7) is 6.46. The molecule has 0 saturated carbocycles. The van der Waals surface area contributed by atoms with Gasteiger partial charge in [0.2, 0.25) is 5.89 Å². The summed E-state index contributed by atoms with van der Waals surface area (Å²) in [6, 6.07) is 10.7. The first-order valence-electron chi connectivity index (χ1n) is 7.16. The lowest BCUT2D eigenvalue weighted by Crippen LogP contribution is -2.24. The van der Waals surface area contributed by atoms with E-state index in [0.29, 0.717) is 17.9 Å². The maximum absolute atomic E-state index is 5.50. The van der Waals surface area contributed by atoms with Crippen molar-refractivity contribution in [3.8, 4) is 0 Å². The average Bonchev–Trinajstić information content (AvgIpc) is 2.87. The lowest BCUT2D eigenvalue weighted by molar-refractivity contribution is 0.337. The van der Waals surface area contributed by atoms with Crippen LogP contribution in [-0.2, 0) is 6.42 Å². The van der Waals surface area contributed by atoms with Crippen LogP contribution in [0.5, 0.6) is 0 Å². The summed E-state index contributed by atoms with van der Waals surface area (Å²) < 4.78 is 5.50. The van der Waals surface area contributed by atoms with Gasteiger partial charge in [-0.05, 0) is 25.5 Å². The second-order valence-corrected chi connectivity index (χ2v) is 5.58. The zero-order valence-electron chi connectivity index (χ0n) is 13.0. The first-order valence-corrected chi connectivity index (χ1v) is 7.16. The molecular weight excluding hydrogens is 286 g/mol. The highest BCUT2D eigenvalue weighted by Gasteiger charge is 2.24. The number of halogens is 1. The Hall–Kier alpha value is -1.39. The second-order valence-electron chi connectivity index (χ2n) is 5.58. The van der Waals surface area contributed by atoms with Crippen molar-refractivity contribution < 1.29 is 4.52 Å². The van der Waals surface area contributed by atoms with Crippen molar-refractivity contribution >= 4 is 12.4 Å². The zero-order chi connectivity index (χ0) is 14.5. The minimum absolute atomic E-state index is 0. The molecular formula is C16H24ClN3O. The summed E-state index contributed by atoms with van der Waals surface area (Å²) in [4.78, 5) is 4.58. The van der Waals surface area contributed by atoms with Crippen LogP contribution in [0.15, 0.2) is 34.9 Å². The van der Waals surface area contributed by atoms with E-state index in [9.17, 15) is 0 Å². The maximum atomic E-state index is 5.50. The van der Waals surface area contributed by atoms with Gasteiger partial charge in [0, 0.05) is 12.5 Å². The Labute approximate surface area is 132 Å². The van der Waals surface area contributed by atoms with Crippen LogP contribution in [0.4, 0.5) is 0 Å². The number of benzene rings is 1. The Bertz CT molecular complexity index is 527. The highest BCUT2D eigenvalue weighted by molar-refractivity contribution is 5.85. The van der Waals surface area contributed by atoms with Crippen LogP contribution in [0.3, 0.4) is 0 Å². The van der Waals surface area contributed by atoms with Crippen LogP contribution in [0.25, 0.3) is 0 Å². The van der Waals surface area contributed by atoms with Gasteiger partial charge in [0.05, 0.1) is 5.92 Å². The van der Waals surface area contributed by atoms with Crippen molar-refractivity contribution in [3.05, 3.63) is 47.6 Å². The largest absolute Gasteiger partial charge is 0.339 e. The first kappa shape index (κ1) is 17.7. The summed E-state index contributed by atoms with van der Waals surface area (Å²) in [5, 5.41) is 7.29. The molecule has 2 unspecified atom stereocenters. The van der Waals surface area contributed by atoms with Gasteiger partial charge in [0.1, 0.15) is 0 Å². The first-order chi connectivity index (χ1) is 9.61. The summed E-state index contributed by atoms with van der Waals surface area (Å²) in [6.07, 6.45) is 0.777. The molecule has 1 aromatic carbocycles.